The van der Waals surface area contributed by atoms with Crippen LogP contribution in [0.15, 0.2) is 61.2 Å². The van der Waals surface area contributed by atoms with Gasteiger partial charge in [0.1, 0.15) is 0 Å². The van der Waals surface area contributed by atoms with Crippen molar-refractivity contribution in [2.45, 2.75) is 38.0 Å². The van der Waals surface area contributed by atoms with Crippen molar-refractivity contribution in [3.63, 3.8) is 0 Å². The number of aliphatic hydroxyl groups is 1. The van der Waals surface area contributed by atoms with Crippen LogP contribution < -0.4 is 0 Å². The van der Waals surface area contributed by atoms with Crippen LogP contribution in [0.2, 0.25) is 0 Å². The first kappa shape index (κ1) is 16.1. The van der Waals surface area contributed by atoms with Crippen molar-refractivity contribution in [3.8, 4) is 5.69 Å². The molecule has 0 saturated heterocycles. The van der Waals surface area contributed by atoms with Crippen LogP contribution in [0.4, 0.5) is 0 Å². The maximum Gasteiger partial charge on any atom is 0.0969 e. The second kappa shape index (κ2) is 7.25. The Morgan fingerprint density at radius 2 is 2.04 bits per heavy atom. The number of hydrogen-bond acceptors (Lipinski definition) is 3. The van der Waals surface area contributed by atoms with Gasteiger partial charge < -0.3 is 14.4 Å². The molecule has 130 valence electrons. The van der Waals surface area contributed by atoms with Crippen molar-refractivity contribution in [2.24, 2.45) is 0 Å². The average Bonchev–Trinajstić information content (AvgIpc) is 3.31. The topological polar surface area (TPSA) is 52.2 Å². The molecule has 2 heterocycles. The summed E-state index contributed by atoms with van der Waals surface area (Å²) in [6.07, 6.45) is 10.5. The van der Waals surface area contributed by atoms with Crippen molar-refractivity contribution in [2.75, 3.05) is 6.61 Å². The van der Waals surface area contributed by atoms with E-state index in [2.05, 4.69) is 29.4 Å². The third kappa shape index (κ3) is 3.67. The van der Waals surface area contributed by atoms with Crippen LogP contribution in [-0.4, -0.2) is 32.2 Å². The van der Waals surface area contributed by atoms with Crippen LogP contribution in [0.25, 0.3) is 5.69 Å². The fourth-order valence-corrected chi connectivity index (χ4v) is 3.47. The molecule has 4 rings (SSSR count). The SMILES string of the molecule is O[C@@H](CO[C@H]1CCCc2ccccc21)Cn1cc(-n2cccc2)cn1. The first-order chi connectivity index (χ1) is 12.3. The lowest BCUT2D eigenvalue weighted by molar-refractivity contribution is -0.0235. The van der Waals surface area contributed by atoms with Crippen LogP contribution >= 0.6 is 0 Å². The zero-order valence-electron chi connectivity index (χ0n) is 14.2. The number of hydrogen-bond donors (Lipinski definition) is 1. The molecule has 3 aromatic rings. The molecule has 0 aliphatic heterocycles. The van der Waals surface area contributed by atoms with Gasteiger partial charge in [0.2, 0.25) is 0 Å². The summed E-state index contributed by atoms with van der Waals surface area (Å²) < 4.78 is 9.78. The smallest absolute Gasteiger partial charge is 0.0969 e. The summed E-state index contributed by atoms with van der Waals surface area (Å²) in [4.78, 5) is 0. The van der Waals surface area contributed by atoms with Crippen molar-refractivity contribution in [1.29, 1.82) is 0 Å². The molecule has 0 bridgehead atoms. The predicted molar refractivity (Wildman–Crippen MR) is 95.6 cm³/mol. The highest BCUT2D eigenvalue weighted by Crippen LogP contribution is 2.32. The summed E-state index contributed by atoms with van der Waals surface area (Å²) in [7, 11) is 0. The zero-order valence-corrected chi connectivity index (χ0v) is 14.2. The fourth-order valence-electron chi connectivity index (χ4n) is 3.47. The van der Waals surface area contributed by atoms with Crippen molar-refractivity contribution in [1.82, 2.24) is 14.3 Å². The second-order valence-electron chi connectivity index (χ2n) is 6.58. The molecule has 0 saturated carbocycles. The number of aryl methyl sites for hydroxylation is 1. The summed E-state index contributed by atoms with van der Waals surface area (Å²) >= 11 is 0. The van der Waals surface area contributed by atoms with Gasteiger partial charge in [-0.2, -0.15) is 5.10 Å². The molecule has 25 heavy (non-hydrogen) atoms. The molecular weight excluding hydrogens is 314 g/mol. The number of aromatic nitrogens is 3. The lowest BCUT2D eigenvalue weighted by atomic mass is 9.89. The monoisotopic (exact) mass is 337 g/mol. The molecule has 5 nitrogen and oxygen atoms in total. The molecule has 0 radical (unpaired) electrons. The van der Waals surface area contributed by atoms with Gasteiger partial charge in [0, 0.05) is 18.6 Å². The van der Waals surface area contributed by atoms with Gasteiger partial charge in [0.15, 0.2) is 0 Å². The molecule has 0 fully saturated rings. The van der Waals surface area contributed by atoms with Crippen LogP contribution in [-0.2, 0) is 17.7 Å². The predicted octanol–water partition coefficient (Wildman–Crippen LogP) is 3.13. The summed E-state index contributed by atoms with van der Waals surface area (Å²) in [5.41, 5.74) is 3.63. The fraction of sp³-hybridized carbons (Fsp3) is 0.350. The lowest BCUT2D eigenvalue weighted by Crippen LogP contribution is -2.24. The third-order valence-corrected chi connectivity index (χ3v) is 4.72. The summed E-state index contributed by atoms with van der Waals surface area (Å²) in [5, 5.41) is 14.7. The van der Waals surface area contributed by atoms with Gasteiger partial charge >= 0.3 is 0 Å². The normalized spacial score (nSPS) is 18.0. The maximum atomic E-state index is 10.3. The summed E-state index contributed by atoms with van der Waals surface area (Å²) in [6, 6.07) is 12.4. The van der Waals surface area contributed by atoms with Gasteiger partial charge in [-0.15, -0.1) is 0 Å². The first-order valence-corrected chi connectivity index (χ1v) is 8.83. The molecule has 2 atom stereocenters. The molecule has 1 aromatic carbocycles. The first-order valence-electron chi connectivity index (χ1n) is 8.83. The standard InChI is InChI=1S/C20H23N3O2/c24-18(14-23-13-17(12-21-23)22-10-3-4-11-22)15-25-20-9-5-7-16-6-1-2-8-19(16)20/h1-4,6,8,10-13,18,20,24H,5,7,9,14-15H2/t18-,20+/m1/s1. The van der Waals surface area contributed by atoms with Gasteiger partial charge in [0.25, 0.3) is 0 Å². The van der Waals surface area contributed by atoms with Crippen LogP contribution in [0, 0.1) is 0 Å². The second-order valence-corrected chi connectivity index (χ2v) is 6.58. The van der Waals surface area contributed by atoms with Gasteiger partial charge in [0.05, 0.1) is 37.2 Å². The number of benzene rings is 1. The van der Waals surface area contributed by atoms with E-state index in [4.69, 9.17) is 4.74 Å². The van der Waals surface area contributed by atoms with Crippen LogP contribution in [0.5, 0.6) is 0 Å². The number of fused-ring (bicyclic) bond motifs is 1. The Labute approximate surface area is 147 Å². The van der Waals surface area contributed by atoms with E-state index in [0.29, 0.717) is 13.2 Å². The Hall–Kier alpha value is -2.37. The summed E-state index contributed by atoms with van der Waals surface area (Å²) in [5.74, 6) is 0. The van der Waals surface area contributed by atoms with Crippen molar-refractivity contribution >= 4 is 0 Å². The lowest BCUT2D eigenvalue weighted by Gasteiger charge is -2.26. The van der Waals surface area contributed by atoms with Crippen LogP contribution in [0.3, 0.4) is 0 Å². The summed E-state index contributed by atoms with van der Waals surface area (Å²) in [6.45, 7) is 0.743. The number of nitrogens with zero attached hydrogens (tertiary/aromatic N) is 3. The van der Waals surface area contributed by atoms with Gasteiger partial charge in [-0.25, -0.2) is 0 Å². The molecule has 2 aromatic heterocycles. The molecule has 0 spiro atoms. The average molecular weight is 337 g/mol. The van der Waals surface area contributed by atoms with E-state index in [1.807, 2.05) is 35.3 Å². The van der Waals surface area contributed by atoms with E-state index in [1.165, 1.54) is 11.1 Å². The van der Waals surface area contributed by atoms with Gasteiger partial charge in [-0.05, 0) is 42.5 Å². The maximum absolute atomic E-state index is 10.3. The minimum atomic E-state index is -0.577. The van der Waals surface area contributed by atoms with E-state index >= 15 is 0 Å². The van der Waals surface area contributed by atoms with Crippen molar-refractivity contribution < 1.29 is 9.84 Å². The number of aliphatic hydroxyl groups excluding tert-OH is 1. The molecule has 1 N–H and O–H groups in total. The van der Waals surface area contributed by atoms with E-state index in [1.54, 1.807) is 10.9 Å². The number of rotatable bonds is 6. The Morgan fingerprint density at radius 3 is 2.92 bits per heavy atom. The Kier molecular flexibility index (Phi) is 4.68. The highest BCUT2D eigenvalue weighted by atomic mass is 16.5. The van der Waals surface area contributed by atoms with E-state index in [9.17, 15) is 5.11 Å². The van der Waals surface area contributed by atoms with E-state index in [-0.39, 0.29) is 6.10 Å². The van der Waals surface area contributed by atoms with Gasteiger partial charge in [-0.3, -0.25) is 4.68 Å². The van der Waals surface area contributed by atoms with Crippen molar-refractivity contribution in [3.05, 3.63) is 72.3 Å². The minimum absolute atomic E-state index is 0.0904. The largest absolute Gasteiger partial charge is 0.389 e. The number of ether oxygens (including phenoxy) is 1. The molecular formula is C20H23N3O2. The van der Waals surface area contributed by atoms with E-state index in [0.717, 1.165) is 24.9 Å². The van der Waals surface area contributed by atoms with Crippen LogP contribution in [0.1, 0.15) is 30.1 Å². The molecule has 1 aliphatic rings. The quantitative estimate of drug-likeness (QED) is 0.752. The molecule has 0 amide bonds. The highest BCUT2D eigenvalue weighted by molar-refractivity contribution is 5.31. The zero-order chi connectivity index (χ0) is 17.1. The molecule has 0 unspecified atom stereocenters. The van der Waals surface area contributed by atoms with Gasteiger partial charge in [-0.1, -0.05) is 24.3 Å². The Balaban J connectivity index is 1.33. The Bertz CT molecular complexity index is 810. The minimum Gasteiger partial charge on any atom is -0.389 e. The van der Waals surface area contributed by atoms with E-state index < -0.39 is 6.10 Å². The third-order valence-electron chi connectivity index (χ3n) is 4.72. The Morgan fingerprint density at radius 1 is 1.20 bits per heavy atom. The molecule has 5 heteroatoms. The highest BCUT2D eigenvalue weighted by Gasteiger charge is 2.21. The molecule has 1 aliphatic carbocycles.